The fourth-order valence-corrected chi connectivity index (χ4v) is 3.21. The van der Waals surface area contributed by atoms with Gasteiger partial charge < -0.3 is 16.4 Å². The molecule has 0 spiro atoms. The van der Waals surface area contributed by atoms with Crippen molar-refractivity contribution in [1.29, 1.82) is 0 Å². The zero-order chi connectivity index (χ0) is 15.5. The van der Waals surface area contributed by atoms with E-state index < -0.39 is 15.9 Å². The summed E-state index contributed by atoms with van der Waals surface area (Å²) in [5, 5.41) is 0. The van der Waals surface area contributed by atoms with Gasteiger partial charge in [-0.2, -0.15) is 0 Å². The van der Waals surface area contributed by atoms with Gasteiger partial charge in [0.15, 0.2) is 0 Å². The van der Waals surface area contributed by atoms with E-state index in [1.54, 1.807) is 6.92 Å². The van der Waals surface area contributed by atoms with E-state index in [9.17, 15) is 13.2 Å². The second-order valence-corrected chi connectivity index (χ2v) is 6.58. The average molecular weight is 300 g/mol. The maximum Gasteiger partial charge on any atom is 0.248 e. The molecule has 1 unspecified atom stereocenters. The Balaban J connectivity index is 3.01. The number of nitrogens with one attached hydrogen (secondary N) is 1. The Morgan fingerprint density at radius 1 is 1.40 bits per heavy atom. The van der Waals surface area contributed by atoms with Crippen molar-refractivity contribution in [2.45, 2.75) is 17.9 Å². The van der Waals surface area contributed by atoms with E-state index in [0.717, 1.165) is 0 Å². The van der Waals surface area contributed by atoms with Crippen LogP contribution in [0.25, 0.3) is 0 Å². The molecule has 0 bridgehead atoms. The van der Waals surface area contributed by atoms with Crippen LogP contribution in [0.4, 0.5) is 5.69 Å². The molecular weight excluding hydrogens is 280 g/mol. The fourth-order valence-electron chi connectivity index (χ4n) is 1.86. The van der Waals surface area contributed by atoms with Crippen molar-refractivity contribution in [1.82, 2.24) is 9.62 Å². The molecule has 112 valence electrons. The van der Waals surface area contributed by atoms with Crippen LogP contribution in [0.5, 0.6) is 0 Å². The predicted octanol–water partition coefficient (Wildman–Crippen LogP) is -0.404. The van der Waals surface area contributed by atoms with Crippen molar-refractivity contribution in [3.63, 3.8) is 0 Å². The molecule has 0 aliphatic rings. The average Bonchev–Trinajstić information content (AvgIpc) is 2.25. The van der Waals surface area contributed by atoms with E-state index in [-0.39, 0.29) is 22.2 Å². The predicted molar refractivity (Wildman–Crippen MR) is 77.7 cm³/mol. The highest BCUT2D eigenvalue weighted by molar-refractivity contribution is 7.89. The summed E-state index contributed by atoms with van der Waals surface area (Å²) in [6.45, 7) is 2.31. The van der Waals surface area contributed by atoms with Crippen LogP contribution in [0.1, 0.15) is 17.3 Å². The molecule has 7 nitrogen and oxygen atoms in total. The van der Waals surface area contributed by atoms with E-state index >= 15 is 0 Å². The number of nitrogens with two attached hydrogens (primary N) is 2. The number of nitrogens with zero attached hydrogens (tertiary/aromatic N) is 1. The van der Waals surface area contributed by atoms with Gasteiger partial charge in [-0.05, 0) is 39.2 Å². The van der Waals surface area contributed by atoms with Gasteiger partial charge in [-0.15, -0.1) is 0 Å². The summed E-state index contributed by atoms with van der Waals surface area (Å²) < 4.78 is 26.9. The second kappa shape index (κ2) is 6.21. The maximum absolute atomic E-state index is 12.2. The molecular formula is C12H20N4O3S. The number of primary amides is 1. The summed E-state index contributed by atoms with van der Waals surface area (Å²) in [6.07, 6.45) is 0. The quantitative estimate of drug-likeness (QED) is 0.617. The highest BCUT2D eigenvalue weighted by Gasteiger charge is 2.21. The third-order valence-corrected chi connectivity index (χ3v) is 4.24. The molecule has 1 aromatic carbocycles. The first-order chi connectivity index (χ1) is 9.13. The zero-order valence-electron chi connectivity index (χ0n) is 11.8. The van der Waals surface area contributed by atoms with Crippen LogP contribution in [0.15, 0.2) is 23.1 Å². The number of amides is 1. The minimum Gasteiger partial charge on any atom is -0.398 e. The van der Waals surface area contributed by atoms with Gasteiger partial charge in [0.25, 0.3) is 0 Å². The van der Waals surface area contributed by atoms with Crippen LogP contribution in [0, 0.1) is 0 Å². The largest absolute Gasteiger partial charge is 0.398 e. The van der Waals surface area contributed by atoms with Gasteiger partial charge in [0, 0.05) is 18.2 Å². The first kappa shape index (κ1) is 16.4. The van der Waals surface area contributed by atoms with Gasteiger partial charge in [0.1, 0.15) is 4.90 Å². The minimum atomic E-state index is -3.73. The normalized spacial score (nSPS) is 13.4. The number of hydrogen-bond acceptors (Lipinski definition) is 5. The van der Waals surface area contributed by atoms with Crippen molar-refractivity contribution < 1.29 is 13.2 Å². The Hall–Kier alpha value is -1.64. The van der Waals surface area contributed by atoms with E-state index in [1.165, 1.54) is 18.2 Å². The van der Waals surface area contributed by atoms with E-state index in [4.69, 9.17) is 11.5 Å². The van der Waals surface area contributed by atoms with Crippen molar-refractivity contribution in [2.75, 3.05) is 26.4 Å². The Bertz CT molecular complexity index is 599. The molecule has 1 atom stereocenters. The van der Waals surface area contributed by atoms with Gasteiger partial charge in [0.05, 0.1) is 5.69 Å². The molecule has 0 saturated carbocycles. The Labute approximate surface area is 119 Å². The topological polar surface area (TPSA) is 119 Å². The first-order valence-electron chi connectivity index (χ1n) is 6.00. The lowest BCUT2D eigenvalue weighted by Gasteiger charge is -2.19. The van der Waals surface area contributed by atoms with Crippen molar-refractivity contribution in [3.8, 4) is 0 Å². The Morgan fingerprint density at radius 3 is 2.45 bits per heavy atom. The molecule has 0 fully saturated rings. The van der Waals surface area contributed by atoms with Crippen LogP contribution in [0.3, 0.4) is 0 Å². The smallest absolute Gasteiger partial charge is 0.248 e. The standard InChI is InChI=1S/C12H20N4O3S/c1-8(7-16(2)3)15-20(18,19)11-5-4-9(12(14)17)6-10(11)13/h4-6,8,15H,7,13H2,1-3H3,(H2,14,17). The summed E-state index contributed by atoms with van der Waals surface area (Å²) in [4.78, 5) is 12.8. The number of sulfonamides is 1. The summed E-state index contributed by atoms with van der Waals surface area (Å²) in [7, 11) is -0.0360. The van der Waals surface area contributed by atoms with Gasteiger partial charge in [-0.1, -0.05) is 0 Å². The summed E-state index contributed by atoms with van der Waals surface area (Å²) >= 11 is 0. The molecule has 1 rings (SSSR count). The molecule has 5 N–H and O–H groups in total. The molecule has 1 aromatic rings. The number of anilines is 1. The lowest BCUT2D eigenvalue weighted by Crippen LogP contribution is -2.39. The van der Waals surface area contributed by atoms with Crippen LogP contribution < -0.4 is 16.2 Å². The monoisotopic (exact) mass is 300 g/mol. The maximum atomic E-state index is 12.2. The third kappa shape index (κ3) is 4.19. The summed E-state index contributed by atoms with van der Waals surface area (Å²) in [5.74, 6) is -0.658. The molecule has 0 aromatic heterocycles. The number of rotatable bonds is 6. The van der Waals surface area contributed by atoms with Crippen molar-refractivity contribution >= 4 is 21.6 Å². The van der Waals surface area contributed by atoms with Crippen molar-refractivity contribution in [2.24, 2.45) is 5.73 Å². The minimum absolute atomic E-state index is 0.00847. The zero-order valence-corrected chi connectivity index (χ0v) is 12.6. The molecule has 0 aliphatic carbocycles. The van der Waals surface area contributed by atoms with E-state index in [1.807, 2.05) is 19.0 Å². The van der Waals surface area contributed by atoms with Gasteiger partial charge in [-0.25, -0.2) is 13.1 Å². The second-order valence-electron chi connectivity index (χ2n) is 4.90. The van der Waals surface area contributed by atoms with Crippen LogP contribution in [-0.2, 0) is 10.0 Å². The number of likely N-dealkylation sites (N-methyl/N-ethyl adjacent to an activating group) is 1. The molecule has 0 saturated heterocycles. The Kier molecular flexibility index (Phi) is 5.09. The molecule has 20 heavy (non-hydrogen) atoms. The summed E-state index contributed by atoms with van der Waals surface area (Å²) in [5.41, 5.74) is 11.0. The lowest BCUT2D eigenvalue weighted by atomic mass is 10.2. The summed E-state index contributed by atoms with van der Waals surface area (Å²) in [6, 6.07) is 3.60. The first-order valence-corrected chi connectivity index (χ1v) is 7.48. The van der Waals surface area contributed by atoms with E-state index in [0.29, 0.717) is 6.54 Å². The van der Waals surface area contributed by atoms with Gasteiger partial charge in [-0.3, -0.25) is 4.79 Å². The molecule has 1 amide bonds. The number of nitrogen functional groups attached to an aromatic ring is 1. The van der Waals surface area contributed by atoms with Gasteiger partial charge >= 0.3 is 0 Å². The molecule has 0 aliphatic heterocycles. The third-order valence-electron chi connectivity index (χ3n) is 2.58. The molecule has 8 heteroatoms. The van der Waals surface area contributed by atoms with Crippen LogP contribution in [-0.4, -0.2) is 45.9 Å². The number of benzene rings is 1. The van der Waals surface area contributed by atoms with Gasteiger partial charge in [0.2, 0.25) is 15.9 Å². The van der Waals surface area contributed by atoms with E-state index in [2.05, 4.69) is 4.72 Å². The highest BCUT2D eigenvalue weighted by atomic mass is 32.2. The van der Waals surface area contributed by atoms with Crippen molar-refractivity contribution in [3.05, 3.63) is 23.8 Å². The van der Waals surface area contributed by atoms with Crippen LogP contribution >= 0.6 is 0 Å². The molecule has 0 heterocycles. The highest BCUT2D eigenvalue weighted by Crippen LogP contribution is 2.19. The SMILES string of the molecule is CC(CN(C)C)NS(=O)(=O)c1ccc(C(N)=O)cc1N. The number of hydrogen-bond donors (Lipinski definition) is 3. The van der Waals surface area contributed by atoms with Crippen LogP contribution in [0.2, 0.25) is 0 Å². The number of carbonyl (C=O) groups excluding carboxylic acids is 1. The number of carbonyl (C=O) groups is 1. The Morgan fingerprint density at radius 2 is 2.00 bits per heavy atom. The fraction of sp³-hybridized carbons (Fsp3) is 0.417. The lowest BCUT2D eigenvalue weighted by molar-refractivity contribution is 0.1000. The molecule has 0 radical (unpaired) electrons.